The zero-order valence-electron chi connectivity index (χ0n) is 14.6. The van der Waals surface area contributed by atoms with Crippen LogP contribution in [-0.2, 0) is 11.3 Å². The molecule has 10 heteroatoms. The molecule has 1 aromatic heterocycles. The van der Waals surface area contributed by atoms with Crippen molar-refractivity contribution in [3.63, 3.8) is 0 Å². The van der Waals surface area contributed by atoms with E-state index in [1.807, 2.05) is 0 Å². The number of hydrogen-bond acceptors (Lipinski definition) is 4. The van der Waals surface area contributed by atoms with Crippen LogP contribution in [0.15, 0.2) is 18.3 Å². The number of carbonyl (C=O) groups is 1. The standard InChI is InChI=1S/C17H22F3N3O2.2ClH/c18-17(19,20)10-25-15-7-11(5-6-21-15)9-22-16(24)14-8-12-3-1-2-4-13(12)23-14;;/h5-7,12-14,23H,1-4,8-10H2,(H,22,24);2*1H. The van der Waals surface area contributed by atoms with Crippen LogP contribution in [0.25, 0.3) is 0 Å². The quantitative estimate of drug-likeness (QED) is 0.752. The number of alkyl halides is 3. The molecule has 1 amide bonds. The van der Waals surface area contributed by atoms with E-state index in [2.05, 4.69) is 20.4 Å². The van der Waals surface area contributed by atoms with Gasteiger partial charge in [0.2, 0.25) is 11.8 Å². The van der Waals surface area contributed by atoms with Gasteiger partial charge in [-0.1, -0.05) is 12.8 Å². The maximum Gasteiger partial charge on any atom is 0.422 e. The number of aromatic nitrogens is 1. The Kier molecular flexibility index (Phi) is 9.11. The van der Waals surface area contributed by atoms with E-state index in [0.29, 0.717) is 17.5 Å². The smallest absolute Gasteiger partial charge is 0.422 e. The van der Waals surface area contributed by atoms with Gasteiger partial charge in [0.05, 0.1) is 6.04 Å². The average molecular weight is 430 g/mol. The Balaban J connectivity index is 0.00000182. The molecule has 1 aromatic rings. The van der Waals surface area contributed by atoms with Gasteiger partial charge in [0.15, 0.2) is 6.61 Å². The van der Waals surface area contributed by atoms with Crippen molar-refractivity contribution in [2.75, 3.05) is 6.61 Å². The lowest BCUT2D eigenvalue weighted by molar-refractivity contribution is -0.154. The second kappa shape index (κ2) is 10.3. The van der Waals surface area contributed by atoms with Crippen LogP contribution >= 0.6 is 24.8 Å². The number of fused-ring (bicyclic) bond motifs is 1. The minimum absolute atomic E-state index is 0. The molecule has 27 heavy (non-hydrogen) atoms. The van der Waals surface area contributed by atoms with Gasteiger partial charge in [-0.05, 0) is 36.8 Å². The number of hydrogen-bond donors (Lipinski definition) is 2. The summed E-state index contributed by atoms with van der Waals surface area (Å²) in [4.78, 5) is 16.1. The van der Waals surface area contributed by atoms with Gasteiger partial charge < -0.3 is 15.4 Å². The second-order valence-corrected chi connectivity index (χ2v) is 6.73. The fourth-order valence-electron chi connectivity index (χ4n) is 3.63. The predicted molar refractivity (Wildman–Crippen MR) is 99.4 cm³/mol. The van der Waals surface area contributed by atoms with Gasteiger partial charge >= 0.3 is 6.18 Å². The lowest BCUT2D eigenvalue weighted by Gasteiger charge is -2.24. The molecule has 154 valence electrons. The normalized spacial score (nSPS) is 24.2. The number of halogens is 5. The molecule has 1 saturated heterocycles. The summed E-state index contributed by atoms with van der Waals surface area (Å²) in [5, 5.41) is 6.25. The summed E-state index contributed by atoms with van der Waals surface area (Å²) >= 11 is 0. The molecule has 1 aliphatic heterocycles. The van der Waals surface area contributed by atoms with Crippen LogP contribution < -0.4 is 15.4 Å². The van der Waals surface area contributed by atoms with Crippen molar-refractivity contribution in [2.24, 2.45) is 5.92 Å². The maximum atomic E-state index is 12.3. The van der Waals surface area contributed by atoms with Crippen LogP contribution in [0.1, 0.15) is 37.7 Å². The van der Waals surface area contributed by atoms with Crippen molar-refractivity contribution < 1.29 is 22.7 Å². The summed E-state index contributed by atoms with van der Waals surface area (Å²) in [6.45, 7) is -1.15. The van der Waals surface area contributed by atoms with Gasteiger partial charge in [-0.2, -0.15) is 13.2 Å². The molecule has 0 aromatic carbocycles. The highest BCUT2D eigenvalue weighted by Gasteiger charge is 2.38. The molecular weight excluding hydrogens is 406 g/mol. The van der Waals surface area contributed by atoms with Crippen LogP contribution in [0, 0.1) is 5.92 Å². The summed E-state index contributed by atoms with van der Waals surface area (Å²) in [5.41, 5.74) is 0.649. The molecule has 0 spiro atoms. The third-order valence-corrected chi connectivity index (χ3v) is 4.83. The number of amides is 1. The van der Waals surface area contributed by atoms with Gasteiger partial charge in [-0.3, -0.25) is 4.79 Å². The highest BCUT2D eigenvalue weighted by Crippen LogP contribution is 2.33. The topological polar surface area (TPSA) is 63.2 Å². The lowest BCUT2D eigenvalue weighted by atomic mass is 9.85. The van der Waals surface area contributed by atoms with E-state index < -0.39 is 12.8 Å². The Morgan fingerprint density at radius 1 is 1.30 bits per heavy atom. The minimum atomic E-state index is -4.41. The van der Waals surface area contributed by atoms with Crippen LogP contribution in [-0.4, -0.2) is 35.8 Å². The number of carbonyl (C=O) groups excluding carboxylic acids is 1. The van der Waals surface area contributed by atoms with E-state index in [0.717, 1.165) is 12.8 Å². The van der Waals surface area contributed by atoms with Gasteiger partial charge in [-0.15, -0.1) is 24.8 Å². The summed E-state index contributed by atoms with van der Waals surface area (Å²) in [7, 11) is 0. The summed E-state index contributed by atoms with van der Waals surface area (Å²) < 4.78 is 41.2. The first kappa shape index (κ1) is 23.8. The number of rotatable bonds is 5. The van der Waals surface area contributed by atoms with Gasteiger partial charge in [-0.25, -0.2) is 4.98 Å². The Morgan fingerprint density at radius 2 is 2.04 bits per heavy atom. The van der Waals surface area contributed by atoms with E-state index in [9.17, 15) is 18.0 Å². The maximum absolute atomic E-state index is 12.3. The summed E-state index contributed by atoms with van der Waals surface area (Å²) in [6, 6.07) is 3.31. The minimum Gasteiger partial charge on any atom is -0.468 e. The first-order valence-corrected chi connectivity index (χ1v) is 8.59. The molecule has 2 N–H and O–H groups in total. The van der Waals surface area contributed by atoms with E-state index >= 15 is 0 Å². The highest BCUT2D eigenvalue weighted by molar-refractivity contribution is 5.85. The SMILES string of the molecule is Cl.Cl.O=C(NCc1ccnc(OCC(F)(F)F)c1)C1CC2CCCCC2N1. The number of pyridine rings is 1. The average Bonchev–Trinajstić information content (AvgIpc) is 3.02. The number of ether oxygens (including phenoxy) is 1. The van der Waals surface area contributed by atoms with Gasteiger partial charge in [0, 0.05) is 24.8 Å². The van der Waals surface area contributed by atoms with Crippen LogP contribution in [0.5, 0.6) is 5.88 Å². The Bertz CT molecular complexity index is 605. The second-order valence-electron chi connectivity index (χ2n) is 6.73. The molecule has 3 atom stereocenters. The third kappa shape index (κ3) is 7.01. The largest absolute Gasteiger partial charge is 0.468 e. The van der Waals surface area contributed by atoms with Crippen molar-refractivity contribution in [3.05, 3.63) is 23.9 Å². The molecule has 0 radical (unpaired) electrons. The molecule has 3 rings (SSSR count). The van der Waals surface area contributed by atoms with Crippen molar-refractivity contribution in [1.82, 2.24) is 15.6 Å². The summed E-state index contributed by atoms with van der Waals surface area (Å²) in [6.07, 6.45) is 2.55. The molecule has 1 saturated carbocycles. The fourth-order valence-corrected chi connectivity index (χ4v) is 3.63. The van der Waals surface area contributed by atoms with Crippen LogP contribution in [0.3, 0.4) is 0 Å². The van der Waals surface area contributed by atoms with Crippen LogP contribution in [0.4, 0.5) is 13.2 Å². The zero-order valence-corrected chi connectivity index (χ0v) is 16.3. The van der Waals surface area contributed by atoms with E-state index in [-0.39, 0.29) is 49.2 Å². The molecule has 2 fully saturated rings. The Morgan fingerprint density at radius 3 is 2.74 bits per heavy atom. The predicted octanol–water partition coefficient (Wildman–Crippen LogP) is 3.40. The Hall–Kier alpha value is -1.25. The first-order valence-electron chi connectivity index (χ1n) is 8.59. The fraction of sp³-hybridized carbons (Fsp3) is 0.647. The molecular formula is C17H24Cl2F3N3O2. The molecule has 0 bridgehead atoms. The Labute approximate surface area is 168 Å². The van der Waals surface area contributed by atoms with Gasteiger partial charge in [0.25, 0.3) is 0 Å². The third-order valence-electron chi connectivity index (χ3n) is 4.83. The first-order chi connectivity index (χ1) is 11.9. The number of nitrogens with one attached hydrogen (secondary N) is 2. The molecule has 5 nitrogen and oxygen atoms in total. The summed E-state index contributed by atoms with van der Waals surface area (Å²) in [5.74, 6) is 0.408. The van der Waals surface area contributed by atoms with Gasteiger partial charge in [0.1, 0.15) is 0 Å². The van der Waals surface area contributed by atoms with Crippen molar-refractivity contribution in [2.45, 2.75) is 56.9 Å². The highest BCUT2D eigenvalue weighted by atomic mass is 35.5. The van der Waals surface area contributed by atoms with Crippen molar-refractivity contribution in [1.29, 1.82) is 0 Å². The van der Waals surface area contributed by atoms with E-state index in [4.69, 9.17) is 0 Å². The van der Waals surface area contributed by atoms with Crippen molar-refractivity contribution >= 4 is 30.7 Å². The van der Waals surface area contributed by atoms with Crippen LogP contribution in [0.2, 0.25) is 0 Å². The lowest BCUT2D eigenvalue weighted by Crippen LogP contribution is -2.42. The monoisotopic (exact) mass is 429 g/mol. The number of nitrogens with zero attached hydrogens (tertiary/aromatic N) is 1. The molecule has 2 aliphatic rings. The molecule has 1 aliphatic carbocycles. The molecule has 2 heterocycles. The zero-order chi connectivity index (χ0) is 17.9. The molecule has 3 unspecified atom stereocenters. The van der Waals surface area contributed by atoms with E-state index in [1.54, 1.807) is 6.07 Å². The van der Waals surface area contributed by atoms with Crippen molar-refractivity contribution in [3.8, 4) is 5.88 Å². The van der Waals surface area contributed by atoms with E-state index in [1.165, 1.54) is 31.5 Å².